The number of hydrogen-bond donors (Lipinski definition) is 2. The second-order valence-corrected chi connectivity index (χ2v) is 5.02. The second-order valence-electron chi connectivity index (χ2n) is 4.17. The maximum atomic E-state index is 5.64. The first-order valence-electron chi connectivity index (χ1n) is 5.91. The number of halogens is 1. The van der Waals surface area contributed by atoms with Gasteiger partial charge in [0.25, 0.3) is 0 Å². The molecule has 0 aromatic heterocycles. The molecule has 1 atom stereocenters. The van der Waals surface area contributed by atoms with Crippen LogP contribution >= 0.6 is 15.9 Å². The highest BCUT2D eigenvalue weighted by Crippen LogP contribution is 2.27. The highest BCUT2D eigenvalue weighted by atomic mass is 79.9. The fraction of sp³-hybridized carbons (Fsp3) is 0.538. The van der Waals surface area contributed by atoms with Crippen LogP contribution in [0.3, 0.4) is 0 Å². The van der Waals surface area contributed by atoms with Gasteiger partial charge in [-0.15, -0.1) is 0 Å². The lowest BCUT2D eigenvalue weighted by molar-refractivity contribution is 0.485. The van der Waals surface area contributed by atoms with Crippen LogP contribution in [-0.2, 0) is 0 Å². The van der Waals surface area contributed by atoms with Crippen molar-refractivity contribution in [3.05, 3.63) is 33.8 Å². The van der Waals surface area contributed by atoms with Crippen molar-refractivity contribution >= 4 is 15.9 Å². The monoisotopic (exact) mass is 284 g/mol. The summed E-state index contributed by atoms with van der Waals surface area (Å²) in [4.78, 5) is 0. The molecular formula is C13H21BrN2. The Labute approximate surface area is 107 Å². The van der Waals surface area contributed by atoms with Crippen molar-refractivity contribution in [2.24, 2.45) is 5.84 Å². The molecule has 0 aliphatic rings. The molecule has 0 aliphatic carbocycles. The molecule has 0 bridgehead atoms. The van der Waals surface area contributed by atoms with Gasteiger partial charge in [0.05, 0.1) is 0 Å². The van der Waals surface area contributed by atoms with E-state index in [0.717, 1.165) is 10.9 Å². The van der Waals surface area contributed by atoms with E-state index in [1.807, 2.05) is 0 Å². The molecule has 0 amide bonds. The van der Waals surface area contributed by atoms with Crippen LogP contribution in [0, 0.1) is 6.92 Å². The molecule has 16 heavy (non-hydrogen) atoms. The molecular weight excluding hydrogens is 264 g/mol. The van der Waals surface area contributed by atoms with Crippen LogP contribution < -0.4 is 11.3 Å². The lowest BCUT2D eigenvalue weighted by atomic mass is 9.97. The Morgan fingerprint density at radius 1 is 1.38 bits per heavy atom. The van der Waals surface area contributed by atoms with Crippen LogP contribution in [-0.4, -0.2) is 0 Å². The standard InChI is InChI=1S/C13H21BrN2/c1-3-4-5-9-13(16-15)11-7-6-8-12(14)10(11)2/h6-8,13,16H,3-5,9,15H2,1-2H3. The van der Waals surface area contributed by atoms with Gasteiger partial charge < -0.3 is 0 Å². The third-order valence-electron chi connectivity index (χ3n) is 2.98. The van der Waals surface area contributed by atoms with Crippen molar-refractivity contribution < 1.29 is 0 Å². The van der Waals surface area contributed by atoms with Crippen molar-refractivity contribution in [1.82, 2.24) is 5.43 Å². The van der Waals surface area contributed by atoms with E-state index in [4.69, 9.17) is 5.84 Å². The fourth-order valence-electron chi connectivity index (χ4n) is 1.93. The van der Waals surface area contributed by atoms with Crippen molar-refractivity contribution in [1.29, 1.82) is 0 Å². The molecule has 0 radical (unpaired) electrons. The first kappa shape index (κ1) is 13.7. The zero-order valence-electron chi connectivity index (χ0n) is 10.1. The maximum absolute atomic E-state index is 5.64. The summed E-state index contributed by atoms with van der Waals surface area (Å²) in [6.07, 6.45) is 4.83. The third-order valence-corrected chi connectivity index (χ3v) is 3.84. The Morgan fingerprint density at radius 3 is 2.75 bits per heavy atom. The van der Waals surface area contributed by atoms with Gasteiger partial charge in [-0.25, -0.2) is 0 Å². The molecule has 90 valence electrons. The molecule has 1 rings (SSSR count). The van der Waals surface area contributed by atoms with Gasteiger partial charge in [0.1, 0.15) is 0 Å². The zero-order chi connectivity index (χ0) is 12.0. The molecule has 2 nitrogen and oxygen atoms in total. The molecule has 3 N–H and O–H groups in total. The van der Waals surface area contributed by atoms with Gasteiger partial charge in [0.15, 0.2) is 0 Å². The van der Waals surface area contributed by atoms with Crippen molar-refractivity contribution in [2.45, 2.75) is 45.6 Å². The topological polar surface area (TPSA) is 38.0 Å². The van der Waals surface area contributed by atoms with E-state index in [1.165, 1.54) is 30.4 Å². The van der Waals surface area contributed by atoms with Crippen LogP contribution in [0.4, 0.5) is 0 Å². The Bertz CT molecular complexity index is 326. The predicted octanol–water partition coefficient (Wildman–Crippen LogP) is 3.84. The zero-order valence-corrected chi connectivity index (χ0v) is 11.7. The molecule has 1 unspecified atom stereocenters. The van der Waals surface area contributed by atoms with Crippen LogP contribution in [0.15, 0.2) is 22.7 Å². The number of nitrogens with one attached hydrogen (secondary N) is 1. The third kappa shape index (κ3) is 3.58. The summed E-state index contributed by atoms with van der Waals surface area (Å²) in [5.41, 5.74) is 5.50. The first-order chi connectivity index (χ1) is 7.70. The number of nitrogens with two attached hydrogens (primary N) is 1. The molecule has 0 saturated heterocycles. The summed E-state index contributed by atoms with van der Waals surface area (Å²) < 4.78 is 1.15. The van der Waals surface area contributed by atoms with Crippen LogP contribution in [0.5, 0.6) is 0 Å². The summed E-state index contributed by atoms with van der Waals surface area (Å²) in [6.45, 7) is 4.35. The predicted molar refractivity (Wildman–Crippen MR) is 73.1 cm³/mol. The smallest absolute Gasteiger partial charge is 0.0463 e. The Morgan fingerprint density at radius 2 is 2.12 bits per heavy atom. The minimum atomic E-state index is 0.268. The fourth-order valence-corrected chi connectivity index (χ4v) is 2.31. The maximum Gasteiger partial charge on any atom is 0.0463 e. The van der Waals surface area contributed by atoms with Gasteiger partial charge in [-0.05, 0) is 30.5 Å². The highest BCUT2D eigenvalue weighted by Gasteiger charge is 2.12. The molecule has 0 aliphatic heterocycles. The number of hydrogen-bond acceptors (Lipinski definition) is 2. The summed E-state index contributed by atoms with van der Waals surface area (Å²) >= 11 is 3.56. The van der Waals surface area contributed by atoms with Crippen molar-refractivity contribution in [3.8, 4) is 0 Å². The van der Waals surface area contributed by atoms with Gasteiger partial charge >= 0.3 is 0 Å². The summed E-state index contributed by atoms with van der Waals surface area (Å²) in [5, 5.41) is 0. The Kier molecular flexibility index (Phi) is 6.03. The largest absolute Gasteiger partial charge is 0.271 e. The number of hydrazine groups is 1. The quantitative estimate of drug-likeness (QED) is 0.473. The van der Waals surface area contributed by atoms with E-state index in [-0.39, 0.29) is 6.04 Å². The molecule has 0 spiro atoms. The van der Waals surface area contributed by atoms with Crippen LogP contribution in [0.25, 0.3) is 0 Å². The molecule has 0 heterocycles. The van der Waals surface area contributed by atoms with Gasteiger partial charge in [-0.3, -0.25) is 11.3 Å². The van der Waals surface area contributed by atoms with Gasteiger partial charge in [0.2, 0.25) is 0 Å². The van der Waals surface area contributed by atoms with Crippen LogP contribution in [0.1, 0.15) is 49.8 Å². The number of rotatable bonds is 6. The van der Waals surface area contributed by atoms with E-state index < -0.39 is 0 Å². The minimum absolute atomic E-state index is 0.268. The van der Waals surface area contributed by atoms with E-state index in [2.05, 4.69) is 53.4 Å². The van der Waals surface area contributed by atoms with E-state index in [0.29, 0.717) is 0 Å². The SMILES string of the molecule is CCCCCC(NN)c1cccc(Br)c1C. The normalized spacial score (nSPS) is 12.8. The lowest BCUT2D eigenvalue weighted by Crippen LogP contribution is -2.28. The van der Waals surface area contributed by atoms with Crippen molar-refractivity contribution in [3.63, 3.8) is 0 Å². The van der Waals surface area contributed by atoms with E-state index in [1.54, 1.807) is 0 Å². The van der Waals surface area contributed by atoms with Crippen molar-refractivity contribution in [2.75, 3.05) is 0 Å². The Hall–Kier alpha value is -0.380. The van der Waals surface area contributed by atoms with Gasteiger partial charge in [-0.1, -0.05) is 54.2 Å². The molecule has 1 aromatic carbocycles. The van der Waals surface area contributed by atoms with E-state index >= 15 is 0 Å². The molecule has 1 aromatic rings. The van der Waals surface area contributed by atoms with Gasteiger partial charge in [-0.2, -0.15) is 0 Å². The van der Waals surface area contributed by atoms with Crippen LogP contribution in [0.2, 0.25) is 0 Å². The molecule has 0 fully saturated rings. The number of benzene rings is 1. The Balaban J connectivity index is 2.74. The van der Waals surface area contributed by atoms with E-state index in [9.17, 15) is 0 Å². The summed E-state index contributed by atoms with van der Waals surface area (Å²) in [6, 6.07) is 6.55. The van der Waals surface area contributed by atoms with Gasteiger partial charge in [0, 0.05) is 10.5 Å². The number of unbranched alkanes of at least 4 members (excludes halogenated alkanes) is 2. The summed E-state index contributed by atoms with van der Waals surface area (Å²) in [7, 11) is 0. The lowest BCUT2D eigenvalue weighted by Gasteiger charge is -2.19. The highest BCUT2D eigenvalue weighted by molar-refractivity contribution is 9.10. The molecule has 3 heteroatoms. The average Bonchev–Trinajstić information content (AvgIpc) is 2.29. The first-order valence-corrected chi connectivity index (χ1v) is 6.71. The average molecular weight is 285 g/mol. The summed E-state index contributed by atoms with van der Waals surface area (Å²) in [5.74, 6) is 5.64. The minimum Gasteiger partial charge on any atom is -0.271 e. The second kappa shape index (κ2) is 7.05. The molecule has 0 saturated carbocycles.